The second kappa shape index (κ2) is 5.16. The Morgan fingerprint density at radius 1 is 1.56 bits per heavy atom. The van der Waals surface area contributed by atoms with Gasteiger partial charge in [0.25, 0.3) is 0 Å². The summed E-state index contributed by atoms with van der Waals surface area (Å²) in [7, 11) is 1.57. The number of ether oxygens (including phenoxy) is 1. The maximum absolute atomic E-state index is 11.0. The molecule has 0 radical (unpaired) electrons. The molecule has 2 rings (SSSR count). The molecule has 18 heavy (non-hydrogen) atoms. The third kappa shape index (κ3) is 2.76. The average Bonchev–Trinajstić information content (AvgIpc) is 3.10. The number of nitrogens with one attached hydrogen (secondary N) is 1. The molecule has 0 saturated heterocycles. The number of carboxylic acid groups (broad SMARTS) is 1. The maximum atomic E-state index is 11.0. The highest BCUT2D eigenvalue weighted by Gasteiger charge is 2.49. The van der Waals surface area contributed by atoms with Crippen molar-refractivity contribution in [2.75, 3.05) is 13.7 Å². The van der Waals surface area contributed by atoms with E-state index >= 15 is 0 Å². The Morgan fingerprint density at radius 2 is 2.28 bits per heavy atom. The predicted octanol–water partition coefficient (Wildman–Crippen LogP) is 2.30. The third-order valence-corrected chi connectivity index (χ3v) is 3.61. The Kier molecular flexibility index (Phi) is 3.78. The molecule has 0 aliphatic heterocycles. The average molecular weight is 270 g/mol. The highest BCUT2D eigenvalue weighted by molar-refractivity contribution is 6.32. The van der Waals surface area contributed by atoms with Gasteiger partial charge in [-0.05, 0) is 30.5 Å². The van der Waals surface area contributed by atoms with E-state index in [1.807, 2.05) is 18.2 Å². The zero-order valence-electron chi connectivity index (χ0n) is 10.2. The zero-order chi connectivity index (χ0) is 13.2. The van der Waals surface area contributed by atoms with Crippen molar-refractivity contribution in [3.05, 3.63) is 28.8 Å². The normalized spacial score (nSPS) is 16.3. The van der Waals surface area contributed by atoms with Crippen LogP contribution in [0.3, 0.4) is 0 Å². The number of aliphatic carboxylic acids is 1. The van der Waals surface area contributed by atoms with Gasteiger partial charge in [-0.3, -0.25) is 4.79 Å². The van der Waals surface area contributed by atoms with E-state index in [1.165, 1.54) is 0 Å². The molecule has 1 aliphatic carbocycles. The lowest BCUT2D eigenvalue weighted by Crippen LogP contribution is -2.29. The molecule has 0 bridgehead atoms. The fourth-order valence-corrected chi connectivity index (χ4v) is 2.16. The van der Waals surface area contributed by atoms with Crippen molar-refractivity contribution in [2.24, 2.45) is 5.41 Å². The Labute approximate surface area is 111 Å². The molecule has 5 heteroatoms. The molecule has 0 atom stereocenters. The van der Waals surface area contributed by atoms with Crippen LogP contribution in [0.5, 0.6) is 5.75 Å². The van der Waals surface area contributed by atoms with Gasteiger partial charge in [-0.2, -0.15) is 0 Å². The molecule has 1 saturated carbocycles. The lowest BCUT2D eigenvalue weighted by atomic mass is 10.1. The summed E-state index contributed by atoms with van der Waals surface area (Å²) in [4.78, 5) is 11.0. The summed E-state index contributed by atoms with van der Waals surface area (Å²) < 4.78 is 5.07. The molecule has 0 amide bonds. The van der Waals surface area contributed by atoms with Gasteiger partial charge in [0.15, 0.2) is 0 Å². The summed E-state index contributed by atoms with van der Waals surface area (Å²) in [6, 6.07) is 5.55. The van der Waals surface area contributed by atoms with E-state index in [-0.39, 0.29) is 0 Å². The van der Waals surface area contributed by atoms with Gasteiger partial charge in [0.1, 0.15) is 5.75 Å². The largest absolute Gasteiger partial charge is 0.495 e. The number of rotatable bonds is 6. The van der Waals surface area contributed by atoms with E-state index in [9.17, 15) is 4.79 Å². The van der Waals surface area contributed by atoms with Crippen LogP contribution in [0.1, 0.15) is 18.4 Å². The summed E-state index contributed by atoms with van der Waals surface area (Å²) in [5.74, 6) is -0.0626. The summed E-state index contributed by atoms with van der Waals surface area (Å²) in [6.45, 7) is 1.12. The van der Waals surface area contributed by atoms with Crippen LogP contribution in [-0.2, 0) is 11.3 Å². The predicted molar refractivity (Wildman–Crippen MR) is 69.0 cm³/mol. The molecule has 98 valence electrons. The number of carboxylic acids is 1. The van der Waals surface area contributed by atoms with E-state index in [0.29, 0.717) is 23.9 Å². The quantitative estimate of drug-likeness (QED) is 0.832. The summed E-state index contributed by atoms with van der Waals surface area (Å²) in [6.07, 6.45) is 1.53. The minimum atomic E-state index is -0.706. The van der Waals surface area contributed by atoms with Crippen molar-refractivity contribution in [2.45, 2.75) is 19.4 Å². The van der Waals surface area contributed by atoms with Crippen LogP contribution < -0.4 is 10.1 Å². The van der Waals surface area contributed by atoms with Crippen molar-refractivity contribution in [3.63, 3.8) is 0 Å². The van der Waals surface area contributed by atoms with E-state index in [4.69, 9.17) is 21.4 Å². The van der Waals surface area contributed by atoms with Crippen LogP contribution in [0, 0.1) is 5.41 Å². The van der Waals surface area contributed by atoms with Gasteiger partial charge in [0.05, 0.1) is 17.5 Å². The van der Waals surface area contributed by atoms with Gasteiger partial charge >= 0.3 is 5.97 Å². The highest BCUT2D eigenvalue weighted by Crippen LogP contribution is 2.45. The first kappa shape index (κ1) is 13.2. The van der Waals surface area contributed by atoms with Crippen molar-refractivity contribution >= 4 is 17.6 Å². The topological polar surface area (TPSA) is 58.6 Å². The Bertz CT molecular complexity index is 458. The molecule has 1 aliphatic rings. The second-order valence-corrected chi connectivity index (χ2v) is 5.07. The van der Waals surface area contributed by atoms with Crippen LogP contribution >= 0.6 is 11.6 Å². The SMILES string of the molecule is COc1ccc(CNCC2(C(=O)O)CC2)cc1Cl. The third-order valence-electron chi connectivity index (χ3n) is 3.32. The molecule has 1 aromatic carbocycles. The molecule has 1 fully saturated rings. The molecule has 4 nitrogen and oxygen atoms in total. The number of hydrogen-bond donors (Lipinski definition) is 2. The van der Waals surface area contributed by atoms with E-state index in [1.54, 1.807) is 7.11 Å². The summed E-state index contributed by atoms with van der Waals surface area (Å²) in [5.41, 5.74) is 0.484. The van der Waals surface area contributed by atoms with Crippen LogP contribution in [0.15, 0.2) is 18.2 Å². The molecule has 0 aromatic heterocycles. The van der Waals surface area contributed by atoms with Crippen LogP contribution in [0.25, 0.3) is 0 Å². The van der Waals surface area contributed by atoms with Gasteiger partial charge in [0.2, 0.25) is 0 Å². The fraction of sp³-hybridized carbons (Fsp3) is 0.462. The monoisotopic (exact) mass is 269 g/mol. The van der Waals surface area contributed by atoms with Gasteiger partial charge in [0, 0.05) is 13.1 Å². The van der Waals surface area contributed by atoms with Gasteiger partial charge in [-0.25, -0.2) is 0 Å². The number of methoxy groups -OCH3 is 1. The minimum absolute atomic E-state index is 0.506. The molecule has 0 heterocycles. The van der Waals surface area contributed by atoms with Crippen molar-refractivity contribution in [1.29, 1.82) is 0 Å². The van der Waals surface area contributed by atoms with Crippen LogP contribution in [-0.4, -0.2) is 24.7 Å². The standard InChI is InChI=1S/C13H16ClNO3/c1-18-11-3-2-9(6-10(11)14)7-15-8-13(4-5-13)12(16)17/h2-3,6,15H,4-5,7-8H2,1H3,(H,16,17). The maximum Gasteiger partial charge on any atom is 0.310 e. The fourth-order valence-electron chi connectivity index (χ4n) is 1.88. The number of carbonyl (C=O) groups is 1. The van der Waals surface area contributed by atoms with Crippen molar-refractivity contribution < 1.29 is 14.6 Å². The number of benzene rings is 1. The zero-order valence-corrected chi connectivity index (χ0v) is 11.0. The lowest BCUT2D eigenvalue weighted by molar-refractivity contribution is -0.143. The van der Waals surface area contributed by atoms with Crippen LogP contribution in [0.4, 0.5) is 0 Å². The van der Waals surface area contributed by atoms with Crippen LogP contribution in [0.2, 0.25) is 5.02 Å². The molecule has 0 spiro atoms. The lowest BCUT2D eigenvalue weighted by Gasteiger charge is -2.11. The second-order valence-electron chi connectivity index (χ2n) is 4.66. The summed E-state index contributed by atoms with van der Waals surface area (Å²) >= 11 is 6.01. The van der Waals surface area contributed by atoms with E-state index in [0.717, 1.165) is 18.4 Å². The Balaban J connectivity index is 1.87. The smallest absolute Gasteiger partial charge is 0.310 e. The molecular weight excluding hydrogens is 254 g/mol. The van der Waals surface area contributed by atoms with E-state index in [2.05, 4.69) is 5.32 Å². The van der Waals surface area contributed by atoms with Gasteiger partial charge in [-0.1, -0.05) is 17.7 Å². The molecule has 0 unspecified atom stereocenters. The van der Waals surface area contributed by atoms with Crippen molar-refractivity contribution in [1.82, 2.24) is 5.32 Å². The summed E-state index contributed by atoms with van der Waals surface area (Å²) in [5, 5.41) is 12.8. The Hall–Kier alpha value is -1.26. The first-order valence-electron chi connectivity index (χ1n) is 5.84. The first-order chi connectivity index (χ1) is 8.57. The molecular formula is C13H16ClNO3. The van der Waals surface area contributed by atoms with Gasteiger partial charge < -0.3 is 15.2 Å². The molecule has 2 N–H and O–H groups in total. The highest BCUT2D eigenvalue weighted by atomic mass is 35.5. The van der Waals surface area contributed by atoms with Crippen molar-refractivity contribution in [3.8, 4) is 5.75 Å². The Morgan fingerprint density at radius 3 is 2.78 bits per heavy atom. The first-order valence-corrected chi connectivity index (χ1v) is 6.22. The van der Waals surface area contributed by atoms with Gasteiger partial charge in [-0.15, -0.1) is 0 Å². The minimum Gasteiger partial charge on any atom is -0.495 e. The number of halogens is 1. The van der Waals surface area contributed by atoms with E-state index < -0.39 is 11.4 Å². The molecule has 1 aromatic rings. The number of hydrogen-bond acceptors (Lipinski definition) is 3.